The average molecular weight is 402 g/mol. The molecule has 0 aliphatic carbocycles. The molecular weight excluding hydrogens is 382 g/mol. The van der Waals surface area contributed by atoms with Crippen LogP contribution in [0.5, 0.6) is 11.5 Å². The van der Waals surface area contributed by atoms with Crippen molar-refractivity contribution in [2.24, 2.45) is 0 Å². The summed E-state index contributed by atoms with van der Waals surface area (Å²) in [5.74, 6) is 0.720. The van der Waals surface area contributed by atoms with Crippen LogP contribution in [0.2, 0.25) is 5.02 Å². The Morgan fingerprint density at radius 3 is 2.61 bits per heavy atom. The van der Waals surface area contributed by atoms with E-state index < -0.39 is 0 Å². The summed E-state index contributed by atoms with van der Waals surface area (Å²) in [6, 6.07) is 12.2. The number of fused-ring (bicyclic) bond motifs is 1. The molecule has 28 heavy (non-hydrogen) atoms. The fourth-order valence-corrected chi connectivity index (χ4v) is 2.97. The maximum absolute atomic E-state index is 12.3. The zero-order valence-electron chi connectivity index (χ0n) is 15.5. The van der Waals surface area contributed by atoms with Gasteiger partial charge in [0.25, 0.3) is 5.91 Å². The van der Waals surface area contributed by atoms with Gasteiger partial charge in [0.1, 0.15) is 17.2 Å². The number of anilines is 1. The quantitative estimate of drug-likeness (QED) is 0.564. The smallest absolute Gasteiger partial charge is 0.267 e. The Hall–Kier alpha value is -3.19. The molecule has 146 valence electrons. The summed E-state index contributed by atoms with van der Waals surface area (Å²) < 4.78 is 10.2. The fourth-order valence-electron chi connectivity index (χ4n) is 2.71. The molecule has 0 saturated heterocycles. The number of ether oxygens (including phenoxy) is 2. The molecule has 2 aromatic carbocycles. The Balaban J connectivity index is 1.52. The van der Waals surface area contributed by atoms with Gasteiger partial charge in [-0.2, -0.15) is 0 Å². The molecule has 1 aromatic heterocycles. The average Bonchev–Trinajstić information content (AvgIpc) is 3.11. The van der Waals surface area contributed by atoms with Gasteiger partial charge in [-0.1, -0.05) is 11.6 Å². The van der Waals surface area contributed by atoms with Crippen molar-refractivity contribution in [2.45, 2.75) is 6.42 Å². The largest absolute Gasteiger partial charge is 0.497 e. The van der Waals surface area contributed by atoms with E-state index in [2.05, 4.69) is 15.6 Å². The lowest BCUT2D eigenvalue weighted by atomic mass is 10.2. The maximum atomic E-state index is 12.3. The fraction of sp³-hybridized carbons (Fsp3) is 0.200. The van der Waals surface area contributed by atoms with Gasteiger partial charge in [0.15, 0.2) is 0 Å². The van der Waals surface area contributed by atoms with Crippen molar-refractivity contribution in [1.29, 1.82) is 0 Å². The molecule has 0 spiro atoms. The maximum Gasteiger partial charge on any atom is 0.267 e. The highest BCUT2D eigenvalue weighted by molar-refractivity contribution is 6.32. The Morgan fingerprint density at radius 2 is 1.89 bits per heavy atom. The standard InChI is InChI=1S/C20H20ClN3O4/c1-27-14-5-3-12-9-17(24-16(12)11-14)20(26)22-8-7-19(25)23-13-4-6-18(28-2)15(21)10-13/h3-6,9-11,24H,7-8H2,1-2H3,(H,22,26)(H,23,25). The Labute approximate surface area is 167 Å². The van der Waals surface area contributed by atoms with E-state index in [-0.39, 0.29) is 24.8 Å². The number of methoxy groups -OCH3 is 2. The van der Waals surface area contributed by atoms with E-state index in [1.807, 2.05) is 18.2 Å². The van der Waals surface area contributed by atoms with Crippen molar-refractivity contribution in [2.75, 3.05) is 26.1 Å². The third-order valence-corrected chi connectivity index (χ3v) is 4.44. The monoisotopic (exact) mass is 401 g/mol. The predicted molar refractivity (Wildman–Crippen MR) is 108 cm³/mol. The van der Waals surface area contributed by atoms with Crippen molar-refractivity contribution in [3.8, 4) is 11.5 Å². The van der Waals surface area contributed by atoms with Crippen molar-refractivity contribution < 1.29 is 19.1 Å². The SMILES string of the molecule is COc1ccc2cc(C(=O)NCCC(=O)Nc3ccc(OC)c(Cl)c3)[nH]c2c1. The molecular formula is C20H20ClN3O4. The van der Waals surface area contributed by atoms with Gasteiger partial charge < -0.3 is 25.1 Å². The number of amides is 2. The molecule has 0 atom stereocenters. The number of aromatic amines is 1. The molecule has 0 bridgehead atoms. The molecule has 0 fully saturated rings. The minimum absolute atomic E-state index is 0.128. The van der Waals surface area contributed by atoms with Crippen molar-refractivity contribution >= 4 is 40.0 Å². The van der Waals surface area contributed by atoms with Gasteiger partial charge in [-0.25, -0.2) is 0 Å². The van der Waals surface area contributed by atoms with Crippen molar-refractivity contribution in [3.63, 3.8) is 0 Å². The van der Waals surface area contributed by atoms with E-state index >= 15 is 0 Å². The first-order valence-electron chi connectivity index (χ1n) is 8.58. The topological polar surface area (TPSA) is 92.4 Å². The lowest BCUT2D eigenvalue weighted by molar-refractivity contribution is -0.116. The molecule has 0 radical (unpaired) electrons. The van der Waals surface area contributed by atoms with Crippen LogP contribution in [0.1, 0.15) is 16.9 Å². The molecule has 3 aromatic rings. The zero-order valence-corrected chi connectivity index (χ0v) is 16.2. The second kappa shape index (κ2) is 8.67. The first-order chi connectivity index (χ1) is 13.5. The second-order valence-corrected chi connectivity index (χ2v) is 6.45. The van der Waals surface area contributed by atoms with Crippen LogP contribution >= 0.6 is 11.6 Å². The van der Waals surface area contributed by atoms with Crippen LogP contribution < -0.4 is 20.1 Å². The van der Waals surface area contributed by atoms with Crippen LogP contribution in [0, 0.1) is 0 Å². The summed E-state index contributed by atoms with van der Waals surface area (Å²) in [4.78, 5) is 27.4. The summed E-state index contributed by atoms with van der Waals surface area (Å²) in [6.45, 7) is 0.202. The minimum atomic E-state index is -0.282. The van der Waals surface area contributed by atoms with Gasteiger partial charge in [-0.05, 0) is 36.4 Å². The summed E-state index contributed by atoms with van der Waals surface area (Å²) >= 11 is 6.03. The van der Waals surface area contributed by atoms with Crippen LogP contribution in [0.15, 0.2) is 42.5 Å². The number of aromatic nitrogens is 1. The lowest BCUT2D eigenvalue weighted by Gasteiger charge is -2.08. The van der Waals surface area contributed by atoms with Gasteiger partial charge in [-0.3, -0.25) is 9.59 Å². The molecule has 3 N–H and O–H groups in total. The highest BCUT2D eigenvalue weighted by atomic mass is 35.5. The third kappa shape index (κ3) is 4.55. The van der Waals surface area contributed by atoms with E-state index in [0.29, 0.717) is 27.9 Å². The Morgan fingerprint density at radius 1 is 1.07 bits per heavy atom. The number of rotatable bonds is 7. The number of carbonyl (C=O) groups excluding carboxylic acids is 2. The molecule has 7 nitrogen and oxygen atoms in total. The third-order valence-electron chi connectivity index (χ3n) is 4.15. The Bertz CT molecular complexity index is 1020. The highest BCUT2D eigenvalue weighted by Gasteiger charge is 2.11. The molecule has 1 heterocycles. The molecule has 0 aliphatic rings. The number of halogens is 1. The van der Waals surface area contributed by atoms with E-state index in [4.69, 9.17) is 21.1 Å². The van der Waals surface area contributed by atoms with Crippen molar-refractivity contribution in [1.82, 2.24) is 10.3 Å². The normalized spacial score (nSPS) is 10.5. The number of H-pyrrole nitrogens is 1. The van der Waals surface area contributed by atoms with Gasteiger partial charge in [0.05, 0.1) is 19.2 Å². The molecule has 0 aliphatic heterocycles. The van der Waals surface area contributed by atoms with E-state index in [1.54, 1.807) is 31.4 Å². The zero-order chi connectivity index (χ0) is 20.1. The van der Waals surface area contributed by atoms with Crippen LogP contribution in [0.4, 0.5) is 5.69 Å². The molecule has 3 rings (SSSR count). The molecule has 8 heteroatoms. The molecule has 2 amide bonds. The van der Waals surface area contributed by atoms with E-state index in [1.165, 1.54) is 7.11 Å². The van der Waals surface area contributed by atoms with E-state index in [0.717, 1.165) is 10.9 Å². The number of hydrogen-bond acceptors (Lipinski definition) is 4. The van der Waals surface area contributed by atoms with Crippen LogP contribution in [0.25, 0.3) is 10.9 Å². The van der Waals surface area contributed by atoms with Crippen molar-refractivity contribution in [3.05, 3.63) is 53.2 Å². The summed E-state index contributed by atoms with van der Waals surface area (Å²) in [7, 11) is 3.11. The second-order valence-electron chi connectivity index (χ2n) is 6.04. The summed E-state index contributed by atoms with van der Waals surface area (Å²) in [5, 5.41) is 6.77. The number of nitrogens with one attached hydrogen (secondary N) is 3. The minimum Gasteiger partial charge on any atom is -0.497 e. The van der Waals surface area contributed by atoms with Gasteiger partial charge in [0.2, 0.25) is 5.91 Å². The van der Waals surface area contributed by atoms with Gasteiger partial charge in [-0.15, -0.1) is 0 Å². The van der Waals surface area contributed by atoms with Crippen LogP contribution in [-0.2, 0) is 4.79 Å². The number of benzene rings is 2. The number of hydrogen-bond donors (Lipinski definition) is 3. The summed E-state index contributed by atoms with van der Waals surface area (Å²) in [5.41, 5.74) is 1.79. The van der Waals surface area contributed by atoms with Gasteiger partial charge in [0, 0.05) is 35.6 Å². The molecule has 0 unspecified atom stereocenters. The van der Waals surface area contributed by atoms with Gasteiger partial charge >= 0.3 is 0 Å². The lowest BCUT2D eigenvalue weighted by Crippen LogP contribution is -2.27. The highest BCUT2D eigenvalue weighted by Crippen LogP contribution is 2.27. The first-order valence-corrected chi connectivity index (χ1v) is 8.96. The summed E-state index contributed by atoms with van der Waals surface area (Å²) in [6.07, 6.45) is 0.128. The molecule has 0 saturated carbocycles. The first kappa shape index (κ1) is 19.6. The van der Waals surface area contributed by atoms with E-state index in [9.17, 15) is 9.59 Å². The Kier molecular flexibility index (Phi) is 6.06. The number of carbonyl (C=O) groups is 2. The van der Waals surface area contributed by atoms with Crippen LogP contribution in [-0.4, -0.2) is 37.6 Å². The predicted octanol–water partition coefficient (Wildman–Crippen LogP) is 3.60. The van der Waals surface area contributed by atoms with Crippen LogP contribution in [0.3, 0.4) is 0 Å².